The molecule has 0 bridgehead atoms. The van der Waals surface area contributed by atoms with Crippen molar-refractivity contribution >= 4 is 33.6 Å². The third-order valence-corrected chi connectivity index (χ3v) is 16.4. The van der Waals surface area contributed by atoms with Gasteiger partial charge >= 0.3 is 33.6 Å². The summed E-state index contributed by atoms with van der Waals surface area (Å²) in [5.41, 5.74) is 0. The summed E-state index contributed by atoms with van der Waals surface area (Å²) in [6, 6.07) is 0. The monoisotopic (exact) mass is 1440 g/mol. The van der Waals surface area contributed by atoms with Crippen molar-refractivity contribution in [2.75, 3.05) is 39.6 Å². The quantitative estimate of drug-likeness (QED) is 0.0146. The molecule has 16 nitrogen and oxygen atoms in total. The first-order valence-electron chi connectivity index (χ1n) is 37.4. The van der Waals surface area contributed by atoms with E-state index in [9.17, 15) is 43.5 Å². The third kappa shape index (κ3) is 75.1. The van der Waals surface area contributed by atoms with Crippen LogP contribution in [-0.4, -0.2) is 95.9 Å². The van der Waals surface area contributed by atoms with Crippen LogP contribution in [0.25, 0.3) is 0 Å². The Morgan fingerprint density at radius 1 is 0.277 bits per heavy atom. The van der Waals surface area contributed by atoms with Crippen molar-refractivity contribution in [3.8, 4) is 0 Å². The molecule has 5 unspecified atom stereocenters. The predicted octanol–water partition coefficient (Wildman–Crippen LogP) is 21.8. The first-order valence-corrected chi connectivity index (χ1v) is 40.4. The second-order valence-electron chi connectivity index (χ2n) is 23.9. The molecular formula is C83H130O16P2. The van der Waals surface area contributed by atoms with Gasteiger partial charge in [0.05, 0.1) is 26.4 Å². The number of hydrogen-bond acceptors (Lipinski definition) is 14. The fourth-order valence-electron chi connectivity index (χ4n) is 8.94. The number of aliphatic hydroxyl groups excluding tert-OH is 2. The SMILES string of the molecule is CC/C=C\C/C=C\C/C=C\C/C=C\C/C=C\C/C=C\CCC(=O)OCC(COP(=O)(O)OCC(O)COP(=O)(O)OCC(O)COC(=O)CCCCCCCCCCCCC/C=C\C/C=C\C/C=C\C/C=C\C/C=C\CC)OC(=O)CC/C=C\C/C=C\C/C=C\C/C=C\C/C=C\C/C=C\CC. The van der Waals surface area contributed by atoms with Crippen molar-refractivity contribution < 1.29 is 75.8 Å². The maximum absolute atomic E-state index is 12.9. The van der Waals surface area contributed by atoms with Gasteiger partial charge in [0.15, 0.2) is 6.10 Å². The van der Waals surface area contributed by atoms with Crippen LogP contribution in [0.1, 0.15) is 239 Å². The molecule has 0 saturated heterocycles. The van der Waals surface area contributed by atoms with Crippen molar-refractivity contribution in [1.29, 1.82) is 0 Å². The minimum absolute atomic E-state index is 0.0202. The maximum Gasteiger partial charge on any atom is 0.472 e. The Morgan fingerprint density at radius 3 is 0.842 bits per heavy atom. The summed E-state index contributed by atoms with van der Waals surface area (Å²) >= 11 is 0. The van der Waals surface area contributed by atoms with Gasteiger partial charge in [-0.25, -0.2) is 9.13 Å². The van der Waals surface area contributed by atoms with Crippen molar-refractivity contribution in [1.82, 2.24) is 0 Å². The highest BCUT2D eigenvalue weighted by molar-refractivity contribution is 7.47. The summed E-state index contributed by atoms with van der Waals surface area (Å²) in [7, 11) is -9.85. The van der Waals surface area contributed by atoms with Crippen LogP contribution in [0, 0.1) is 0 Å². The third-order valence-electron chi connectivity index (χ3n) is 14.5. The highest BCUT2D eigenvalue weighted by Crippen LogP contribution is 2.45. The molecule has 0 aliphatic heterocycles. The molecule has 0 aliphatic rings. The van der Waals surface area contributed by atoms with Crippen molar-refractivity contribution in [2.45, 2.75) is 257 Å². The molecule has 0 aromatic carbocycles. The second-order valence-corrected chi connectivity index (χ2v) is 26.9. The van der Waals surface area contributed by atoms with Gasteiger partial charge < -0.3 is 34.2 Å². The van der Waals surface area contributed by atoms with Crippen LogP contribution in [0.5, 0.6) is 0 Å². The molecule has 0 spiro atoms. The highest BCUT2D eigenvalue weighted by atomic mass is 31.2. The Labute approximate surface area is 609 Å². The summed E-state index contributed by atoms with van der Waals surface area (Å²) in [5.74, 6) is -1.80. The number of phosphoric ester groups is 2. The number of esters is 3. The minimum Gasteiger partial charge on any atom is -0.463 e. The number of carbonyl (C=O) groups is 3. The summed E-state index contributed by atoms with van der Waals surface area (Å²) in [6.45, 7) is 2.11. The van der Waals surface area contributed by atoms with Crippen LogP contribution in [0.3, 0.4) is 0 Å². The molecule has 4 N–H and O–H groups in total. The average Bonchev–Trinajstić information content (AvgIpc) is 1.17. The van der Waals surface area contributed by atoms with E-state index in [1.807, 2.05) is 36.5 Å². The smallest absolute Gasteiger partial charge is 0.463 e. The van der Waals surface area contributed by atoms with E-state index in [1.165, 1.54) is 38.5 Å². The number of rotatable bonds is 68. The minimum atomic E-state index is -4.98. The van der Waals surface area contributed by atoms with E-state index in [1.54, 1.807) is 0 Å². The zero-order valence-electron chi connectivity index (χ0n) is 61.7. The van der Waals surface area contributed by atoms with E-state index in [2.05, 4.69) is 191 Å². The molecule has 568 valence electrons. The van der Waals surface area contributed by atoms with Crippen LogP contribution in [0.4, 0.5) is 0 Å². The van der Waals surface area contributed by atoms with Crippen molar-refractivity contribution in [2.24, 2.45) is 0 Å². The summed E-state index contributed by atoms with van der Waals surface area (Å²) in [6.07, 6.45) is 97.7. The number of carbonyl (C=O) groups excluding carboxylic acids is 3. The van der Waals surface area contributed by atoms with Crippen molar-refractivity contribution in [3.05, 3.63) is 207 Å². The van der Waals surface area contributed by atoms with Crippen LogP contribution < -0.4 is 0 Å². The molecule has 0 aromatic heterocycles. The fraction of sp³-hybridized carbons (Fsp3) is 0.554. The van der Waals surface area contributed by atoms with E-state index in [0.717, 1.165) is 128 Å². The van der Waals surface area contributed by atoms with Gasteiger partial charge in [0.25, 0.3) is 0 Å². The van der Waals surface area contributed by atoms with Gasteiger partial charge in [0, 0.05) is 19.3 Å². The fourth-order valence-corrected chi connectivity index (χ4v) is 10.5. The van der Waals surface area contributed by atoms with E-state index in [-0.39, 0.29) is 19.3 Å². The Balaban J connectivity index is 4.75. The lowest BCUT2D eigenvalue weighted by Gasteiger charge is -2.21. The van der Waals surface area contributed by atoms with Crippen LogP contribution in [0.2, 0.25) is 0 Å². The number of phosphoric acid groups is 2. The summed E-state index contributed by atoms with van der Waals surface area (Å²) in [4.78, 5) is 58.5. The van der Waals surface area contributed by atoms with E-state index in [4.69, 9.17) is 32.3 Å². The molecule has 0 amide bonds. The topological polar surface area (TPSA) is 231 Å². The van der Waals surface area contributed by atoms with Gasteiger partial charge in [-0.1, -0.05) is 285 Å². The average molecular weight is 1450 g/mol. The Hall–Kier alpha value is -5.87. The zero-order valence-corrected chi connectivity index (χ0v) is 63.5. The predicted molar refractivity (Wildman–Crippen MR) is 417 cm³/mol. The number of aliphatic hydroxyl groups is 2. The molecular weight excluding hydrogens is 1310 g/mol. The van der Waals surface area contributed by atoms with Gasteiger partial charge in [0.2, 0.25) is 0 Å². The van der Waals surface area contributed by atoms with E-state index < -0.39 is 91.5 Å². The van der Waals surface area contributed by atoms with Gasteiger partial charge in [-0.05, 0) is 141 Å². The normalized spacial score (nSPS) is 15.2. The first kappa shape index (κ1) is 95.1. The number of ether oxygens (including phenoxy) is 3. The van der Waals surface area contributed by atoms with Crippen LogP contribution in [-0.2, 0) is 55.8 Å². The van der Waals surface area contributed by atoms with E-state index in [0.29, 0.717) is 32.1 Å². The lowest BCUT2D eigenvalue weighted by Crippen LogP contribution is -2.29. The lowest BCUT2D eigenvalue weighted by atomic mass is 10.0. The molecule has 0 heterocycles. The van der Waals surface area contributed by atoms with Crippen LogP contribution >= 0.6 is 15.6 Å². The van der Waals surface area contributed by atoms with Gasteiger partial charge in [-0.3, -0.25) is 32.5 Å². The standard InChI is InChI=1S/C83H130O16P2/c1-4-7-10-13-16-19-22-25-28-31-34-35-36-37-38-39-40-41-44-46-48-51-54-57-60-63-66-69-81(86)93-72-78(84)73-95-100(89,90)96-74-79(85)75-97-101(91,92)98-77-80(99-83(88)71-68-65-62-59-56-53-50-47-43-33-30-27-24-21-18-15-12-9-6-3)76-94-82(87)70-67-64-61-58-55-52-49-45-42-32-29-26-23-20-17-14-11-8-5-2/h7-12,16-21,25-30,34-35,37-38,42-43,45,47,52-53,55-56,61-62,64-65,78-80,84-85H,4-6,13-15,22-24,31-33,36,39-41,44,46,48-51,54,57-60,63,66-77H2,1-3H3,(H,89,90)(H,91,92)/b10-7-,11-8-,12-9-,19-16-,20-17-,21-18-,28-25-,29-26-,30-27-,35-34-,38-37-,45-42-,47-43-,55-52-,56-53-,64-61-,65-62-. The lowest BCUT2D eigenvalue weighted by molar-refractivity contribution is -0.161. The Morgan fingerprint density at radius 2 is 0.515 bits per heavy atom. The molecule has 18 heteroatoms. The maximum atomic E-state index is 12.9. The number of allylic oxidation sites excluding steroid dienone is 34. The first-order chi connectivity index (χ1) is 49.2. The van der Waals surface area contributed by atoms with Gasteiger partial charge in [0.1, 0.15) is 25.4 Å². The molecule has 0 aliphatic carbocycles. The highest BCUT2D eigenvalue weighted by Gasteiger charge is 2.29. The second kappa shape index (κ2) is 73.9. The van der Waals surface area contributed by atoms with Crippen molar-refractivity contribution in [3.63, 3.8) is 0 Å². The summed E-state index contributed by atoms with van der Waals surface area (Å²) in [5, 5.41) is 20.6. The zero-order chi connectivity index (χ0) is 73.7. The molecule has 101 heavy (non-hydrogen) atoms. The number of unbranched alkanes of at least 4 members (excludes halogenated alkanes) is 11. The molecule has 0 radical (unpaired) electrons. The molecule has 0 rings (SSSR count). The number of hydrogen-bond donors (Lipinski definition) is 4. The van der Waals surface area contributed by atoms with E-state index >= 15 is 0 Å². The molecule has 0 saturated carbocycles. The molecule has 0 fully saturated rings. The van der Waals surface area contributed by atoms with Crippen LogP contribution in [0.15, 0.2) is 207 Å². The molecule has 5 atom stereocenters. The largest absolute Gasteiger partial charge is 0.472 e. The Bertz CT molecular complexity index is 2660. The van der Waals surface area contributed by atoms with Gasteiger partial charge in [-0.15, -0.1) is 0 Å². The molecule has 0 aromatic rings. The van der Waals surface area contributed by atoms with Gasteiger partial charge in [-0.2, -0.15) is 0 Å². The Kier molecular flexibility index (Phi) is 69.6. The summed E-state index contributed by atoms with van der Waals surface area (Å²) < 4.78 is 60.9.